The number of aryl methyl sites for hydroxylation is 1. The maximum absolute atomic E-state index is 3.97. The Labute approximate surface area is 137 Å². The Balaban J connectivity index is 1.82. The molecule has 0 bridgehead atoms. The highest BCUT2D eigenvalue weighted by Gasteiger charge is 2.25. The second-order valence-corrected chi connectivity index (χ2v) is 7.49. The minimum absolute atomic E-state index is 0.477. The van der Waals surface area contributed by atoms with Crippen LogP contribution in [0.3, 0.4) is 0 Å². The highest BCUT2D eigenvalue weighted by molar-refractivity contribution is 9.10. The third-order valence-corrected chi connectivity index (χ3v) is 5.97. The van der Waals surface area contributed by atoms with Crippen molar-refractivity contribution in [1.29, 1.82) is 0 Å². The molecule has 2 aromatic carbocycles. The van der Waals surface area contributed by atoms with Crippen molar-refractivity contribution in [2.24, 2.45) is 5.92 Å². The van der Waals surface area contributed by atoms with Crippen LogP contribution in [0.1, 0.15) is 34.4 Å². The van der Waals surface area contributed by atoms with Crippen LogP contribution in [0.2, 0.25) is 0 Å². The Bertz CT molecular complexity index is 574. The van der Waals surface area contributed by atoms with Gasteiger partial charge in [0.15, 0.2) is 0 Å². The monoisotopic (exact) mass is 392 g/mol. The van der Waals surface area contributed by atoms with Gasteiger partial charge in [-0.2, -0.15) is 0 Å². The van der Waals surface area contributed by atoms with E-state index >= 15 is 0 Å². The zero-order valence-corrected chi connectivity index (χ0v) is 14.5. The van der Waals surface area contributed by atoms with E-state index in [1.807, 2.05) is 0 Å². The Hall–Kier alpha value is -0.600. The van der Waals surface area contributed by atoms with E-state index in [0.717, 1.165) is 10.9 Å². The average molecular weight is 394 g/mol. The number of halogens is 2. The predicted molar refractivity (Wildman–Crippen MR) is 92.4 cm³/mol. The number of alkyl halides is 1. The molecule has 1 aliphatic rings. The first-order chi connectivity index (χ1) is 9.74. The number of benzene rings is 2. The zero-order valence-electron chi connectivity index (χ0n) is 11.4. The largest absolute Gasteiger partial charge is 0.0836 e. The molecule has 0 N–H and O–H groups in total. The van der Waals surface area contributed by atoms with Crippen LogP contribution in [0.15, 0.2) is 53.0 Å². The molecule has 2 atom stereocenters. The van der Waals surface area contributed by atoms with Gasteiger partial charge in [0, 0.05) is 9.30 Å². The first kappa shape index (κ1) is 14.3. The number of fused-ring (bicyclic) bond motifs is 1. The SMILES string of the molecule is Brc1ccc(CC2CCCc3ccccc3C2Br)cc1. The van der Waals surface area contributed by atoms with Crippen LogP contribution < -0.4 is 0 Å². The van der Waals surface area contributed by atoms with E-state index in [0.29, 0.717) is 10.7 Å². The minimum atomic E-state index is 0.477. The molecule has 0 amide bonds. The Morgan fingerprint density at radius 3 is 2.55 bits per heavy atom. The lowest BCUT2D eigenvalue weighted by molar-refractivity contribution is 0.475. The molecule has 2 aromatic rings. The van der Waals surface area contributed by atoms with Crippen molar-refractivity contribution in [3.8, 4) is 0 Å². The fraction of sp³-hybridized carbons (Fsp3) is 0.333. The quantitative estimate of drug-likeness (QED) is 0.428. The van der Waals surface area contributed by atoms with Gasteiger partial charge in [0.25, 0.3) is 0 Å². The third-order valence-electron chi connectivity index (χ3n) is 4.20. The summed E-state index contributed by atoms with van der Waals surface area (Å²) in [6.07, 6.45) is 4.95. The molecule has 0 nitrogen and oxygen atoms in total. The molecule has 3 rings (SSSR count). The third kappa shape index (κ3) is 3.17. The molecule has 0 heterocycles. The van der Waals surface area contributed by atoms with Gasteiger partial charge in [0.2, 0.25) is 0 Å². The van der Waals surface area contributed by atoms with E-state index in [1.54, 1.807) is 0 Å². The summed E-state index contributed by atoms with van der Waals surface area (Å²) < 4.78 is 1.16. The average Bonchev–Trinajstić information content (AvgIpc) is 2.62. The maximum Gasteiger partial charge on any atom is 0.0429 e. The van der Waals surface area contributed by atoms with Crippen molar-refractivity contribution >= 4 is 31.9 Å². The standard InChI is InChI=1S/C18H18Br2/c19-16-10-8-13(9-11-16)12-15-6-3-5-14-4-1-2-7-17(14)18(15)20/h1-2,4,7-11,15,18H,3,5-6,12H2. The molecule has 2 unspecified atom stereocenters. The van der Waals surface area contributed by atoms with Crippen molar-refractivity contribution in [2.45, 2.75) is 30.5 Å². The number of rotatable bonds is 2. The van der Waals surface area contributed by atoms with E-state index in [9.17, 15) is 0 Å². The van der Waals surface area contributed by atoms with E-state index in [2.05, 4.69) is 80.4 Å². The van der Waals surface area contributed by atoms with Crippen molar-refractivity contribution in [3.05, 3.63) is 69.7 Å². The van der Waals surface area contributed by atoms with Gasteiger partial charge in [-0.15, -0.1) is 0 Å². The van der Waals surface area contributed by atoms with Gasteiger partial charge < -0.3 is 0 Å². The van der Waals surface area contributed by atoms with E-state index in [-0.39, 0.29) is 0 Å². The van der Waals surface area contributed by atoms with E-state index in [1.165, 1.54) is 36.0 Å². The van der Waals surface area contributed by atoms with Gasteiger partial charge >= 0.3 is 0 Å². The van der Waals surface area contributed by atoms with Crippen LogP contribution in [0.25, 0.3) is 0 Å². The maximum atomic E-state index is 3.97. The molecule has 0 spiro atoms. The van der Waals surface area contributed by atoms with E-state index < -0.39 is 0 Å². The van der Waals surface area contributed by atoms with E-state index in [4.69, 9.17) is 0 Å². The fourth-order valence-electron chi connectivity index (χ4n) is 3.11. The second-order valence-electron chi connectivity index (χ2n) is 5.58. The first-order valence-corrected chi connectivity index (χ1v) is 8.91. The number of hydrogen-bond acceptors (Lipinski definition) is 0. The van der Waals surface area contributed by atoms with Crippen LogP contribution in [-0.2, 0) is 12.8 Å². The minimum Gasteiger partial charge on any atom is -0.0836 e. The molecule has 0 radical (unpaired) electrons. The fourth-order valence-corrected chi connectivity index (χ4v) is 4.28. The highest BCUT2D eigenvalue weighted by atomic mass is 79.9. The van der Waals surface area contributed by atoms with Gasteiger partial charge in [-0.05, 0) is 60.4 Å². The Kier molecular flexibility index (Phi) is 4.62. The molecule has 104 valence electrons. The molecule has 20 heavy (non-hydrogen) atoms. The zero-order chi connectivity index (χ0) is 13.9. The molecule has 0 saturated carbocycles. The number of hydrogen-bond donors (Lipinski definition) is 0. The van der Waals surface area contributed by atoms with Gasteiger partial charge in [-0.3, -0.25) is 0 Å². The highest BCUT2D eigenvalue weighted by Crippen LogP contribution is 2.40. The molecule has 0 fully saturated rings. The van der Waals surface area contributed by atoms with Gasteiger partial charge in [0.05, 0.1) is 0 Å². The van der Waals surface area contributed by atoms with Crippen LogP contribution in [0.4, 0.5) is 0 Å². The normalized spacial score (nSPS) is 22.1. The van der Waals surface area contributed by atoms with Crippen molar-refractivity contribution < 1.29 is 0 Å². The summed E-state index contributed by atoms with van der Waals surface area (Å²) in [6.45, 7) is 0. The summed E-state index contributed by atoms with van der Waals surface area (Å²) >= 11 is 7.47. The molecule has 0 saturated heterocycles. The summed E-state index contributed by atoms with van der Waals surface area (Å²) in [5.41, 5.74) is 4.45. The lowest BCUT2D eigenvalue weighted by Gasteiger charge is -2.21. The van der Waals surface area contributed by atoms with Crippen molar-refractivity contribution in [2.75, 3.05) is 0 Å². The molecule has 1 aliphatic carbocycles. The second kappa shape index (κ2) is 6.44. The summed E-state index contributed by atoms with van der Waals surface area (Å²) in [6, 6.07) is 17.6. The lowest BCUT2D eigenvalue weighted by atomic mass is 9.90. The lowest BCUT2D eigenvalue weighted by Crippen LogP contribution is -2.10. The van der Waals surface area contributed by atoms with Gasteiger partial charge in [0.1, 0.15) is 0 Å². The summed E-state index contributed by atoms with van der Waals surface area (Å²) in [4.78, 5) is 0.477. The molecule has 2 heteroatoms. The molecule has 0 aromatic heterocycles. The summed E-state index contributed by atoms with van der Waals surface area (Å²) in [7, 11) is 0. The Morgan fingerprint density at radius 2 is 1.75 bits per heavy atom. The van der Waals surface area contributed by atoms with Crippen LogP contribution in [-0.4, -0.2) is 0 Å². The smallest absolute Gasteiger partial charge is 0.0429 e. The summed E-state index contributed by atoms with van der Waals surface area (Å²) in [5, 5.41) is 0. The first-order valence-electron chi connectivity index (χ1n) is 7.20. The summed E-state index contributed by atoms with van der Waals surface area (Å²) in [5.74, 6) is 0.680. The van der Waals surface area contributed by atoms with Crippen LogP contribution in [0.5, 0.6) is 0 Å². The predicted octanol–water partition coefficient (Wildman–Crippen LogP) is 6.08. The van der Waals surface area contributed by atoms with Crippen molar-refractivity contribution in [3.63, 3.8) is 0 Å². The van der Waals surface area contributed by atoms with Crippen LogP contribution in [0, 0.1) is 5.92 Å². The van der Waals surface area contributed by atoms with Crippen LogP contribution >= 0.6 is 31.9 Å². The molecule has 0 aliphatic heterocycles. The molecular formula is C18H18Br2. The topological polar surface area (TPSA) is 0 Å². The van der Waals surface area contributed by atoms with Gasteiger partial charge in [-0.1, -0.05) is 68.3 Å². The Morgan fingerprint density at radius 1 is 1.00 bits per heavy atom. The molecular weight excluding hydrogens is 376 g/mol. The van der Waals surface area contributed by atoms with Gasteiger partial charge in [-0.25, -0.2) is 0 Å². The van der Waals surface area contributed by atoms with Crippen molar-refractivity contribution in [1.82, 2.24) is 0 Å².